The number of morpholine rings is 1. The van der Waals surface area contributed by atoms with Gasteiger partial charge >= 0.3 is 5.69 Å². The van der Waals surface area contributed by atoms with Gasteiger partial charge < -0.3 is 20.7 Å². The van der Waals surface area contributed by atoms with Gasteiger partial charge in [0.2, 0.25) is 5.91 Å². The number of ether oxygens (including phenoxy) is 1. The average molecular weight is 430 g/mol. The number of benzene rings is 1. The van der Waals surface area contributed by atoms with Gasteiger partial charge in [-0.15, -0.1) is 0 Å². The molecule has 168 valence electrons. The van der Waals surface area contributed by atoms with Gasteiger partial charge in [0, 0.05) is 25.3 Å². The molecule has 3 rings (SSSR count). The zero-order valence-corrected chi connectivity index (χ0v) is 18.4. The minimum Gasteiger partial charge on any atom is -0.383 e. The Balaban J connectivity index is 1.97. The lowest BCUT2D eigenvalue weighted by molar-refractivity contribution is -0.116. The minimum absolute atomic E-state index is 0.149. The minimum atomic E-state index is -0.566. The van der Waals surface area contributed by atoms with E-state index < -0.39 is 17.2 Å². The van der Waals surface area contributed by atoms with Crippen LogP contribution in [0.25, 0.3) is 0 Å². The van der Waals surface area contributed by atoms with Crippen LogP contribution < -0.4 is 27.2 Å². The summed E-state index contributed by atoms with van der Waals surface area (Å²) in [7, 11) is 0. The molecule has 9 nitrogen and oxygen atoms in total. The molecule has 0 aliphatic carbocycles. The average Bonchev–Trinajstić information content (AvgIpc) is 2.75. The smallest absolute Gasteiger partial charge is 0.333 e. The van der Waals surface area contributed by atoms with E-state index >= 15 is 0 Å². The molecule has 0 saturated carbocycles. The van der Waals surface area contributed by atoms with Crippen LogP contribution in [0.15, 0.2) is 27.8 Å². The predicted molar refractivity (Wildman–Crippen MR) is 122 cm³/mol. The highest BCUT2D eigenvalue weighted by Gasteiger charge is 2.24. The normalized spacial score (nSPS) is 14.0. The van der Waals surface area contributed by atoms with E-state index in [4.69, 9.17) is 10.5 Å². The molecule has 3 N–H and O–H groups in total. The Morgan fingerprint density at radius 2 is 1.84 bits per heavy atom. The first-order chi connectivity index (χ1) is 14.8. The molecule has 1 aromatic heterocycles. The Bertz CT molecular complexity index is 1070. The summed E-state index contributed by atoms with van der Waals surface area (Å²) in [5, 5.41) is 2.78. The predicted octanol–water partition coefficient (Wildman–Crippen LogP) is 1.48. The molecule has 2 aromatic rings. The van der Waals surface area contributed by atoms with Gasteiger partial charge in [0.1, 0.15) is 18.1 Å². The summed E-state index contributed by atoms with van der Waals surface area (Å²) in [4.78, 5) is 40.8. The maximum absolute atomic E-state index is 13.2. The number of carbonyl (C=O) groups is 1. The van der Waals surface area contributed by atoms with Gasteiger partial charge in [-0.05, 0) is 43.5 Å². The number of unbranched alkanes of at least 4 members (excludes halogenated alkanes) is 1. The maximum Gasteiger partial charge on any atom is 0.333 e. The Hall–Kier alpha value is -3.07. The van der Waals surface area contributed by atoms with Crippen LogP contribution in [-0.4, -0.2) is 41.3 Å². The fourth-order valence-electron chi connectivity index (χ4n) is 3.62. The molecule has 2 heterocycles. The number of nitrogens with two attached hydrogens (primary N) is 1. The van der Waals surface area contributed by atoms with E-state index in [0.717, 1.165) is 28.5 Å². The van der Waals surface area contributed by atoms with Crippen LogP contribution in [0.1, 0.15) is 30.9 Å². The molecule has 9 heteroatoms. The fourth-order valence-corrected chi connectivity index (χ4v) is 3.62. The van der Waals surface area contributed by atoms with Gasteiger partial charge in [0.15, 0.2) is 0 Å². The van der Waals surface area contributed by atoms with E-state index in [9.17, 15) is 14.4 Å². The van der Waals surface area contributed by atoms with Crippen molar-refractivity contribution in [2.24, 2.45) is 0 Å². The Morgan fingerprint density at radius 3 is 2.48 bits per heavy atom. The number of carbonyl (C=O) groups excluding carboxylic acids is 1. The fraction of sp³-hybridized carbons (Fsp3) is 0.500. The molecule has 1 aliphatic heterocycles. The summed E-state index contributed by atoms with van der Waals surface area (Å²) in [6.07, 6.45) is 1.60. The third-order valence-corrected chi connectivity index (χ3v) is 5.60. The lowest BCUT2D eigenvalue weighted by Gasteiger charge is -2.30. The zero-order chi connectivity index (χ0) is 22.5. The largest absolute Gasteiger partial charge is 0.383 e. The molecule has 0 spiro atoms. The molecule has 0 bridgehead atoms. The Morgan fingerprint density at radius 1 is 1.13 bits per heavy atom. The van der Waals surface area contributed by atoms with E-state index in [1.165, 1.54) is 4.57 Å². The second-order valence-corrected chi connectivity index (χ2v) is 7.86. The van der Waals surface area contributed by atoms with Crippen molar-refractivity contribution in [3.63, 3.8) is 0 Å². The number of hydrogen-bond acceptors (Lipinski definition) is 6. The number of nitrogens with zero attached hydrogens (tertiary/aromatic N) is 3. The van der Waals surface area contributed by atoms with E-state index in [1.54, 1.807) is 6.07 Å². The van der Waals surface area contributed by atoms with Crippen molar-refractivity contribution >= 4 is 23.1 Å². The number of nitrogen functional groups attached to an aromatic ring is 1. The molecular formula is C22H31N5O4. The second-order valence-electron chi connectivity index (χ2n) is 7.86. The molecule has 1 saturated heterocycles. The monoisotopic (exact) mass is 429 g/mol. The molecule has 1 amide bonds. The zero-order valence-electron chi connectivity index (χ0n) is 18.4. The number of anilines is 3. The van der Waals surface area contributed by atoms with E-state index in [-0.39, 0.29) is 18.1 Å². The lowest BCUT2D eigenvalue weighted by Crippen LogP contribution is -2.48. The van der Waals surface area contributed by atoms with Crippen LogP contribution in [0.2, 0.25) is 0 Å². The van der Waals surface area contributed by atoms with Crippen LogP contribution in [-0.2, 0) is 22.6 Å². The quantitative estimate of drug-likeness (QED) is 0.690. The summed E-state index contributed by atoms with van der Waals surface area (Å²) in [6, 6.07) is 5.57. The third-order valence-electron chi connectivity index (χ3n) is 5.60. The number of amides is 1. The van der Waals surface area contributed by atoms with Gasteiger partial charge in [-0.25, -0.2) is 9.36 Å². The molecular weight excluding hydrogens is 398 g/mol. The van der Waals surface area contributed by atoms with Crippen LogP contribution >= 0.6 is 0 Å². The highest BCUT2D eigenvalue weighted by atomic mass is 16.5. The van der Waals surface area contributed by atoms with Crippen LogP contribution in [0.3, 0.4) is 0 Å². The summed E-state index contributed by atoms with van der Waals surface area (Å²) in [5.74, 6) is -0.293. The van der Waals surface area contributed by atoms with E-state index in [2.05, 4.69) is 5.32 Å². The summed E-state index contributed by atoms with van der Waals surface area (Å²) >= 11 is 0. The molecule has 31 heavy (non-hydrogen) atoms. The molecule has 1 fully saturated rings. The van der Waals surface area contributed by atoms with Crippen molar-refractivity contribution in [2.75, 3.05) is 42.3 Å². The molecule has 0 radical (unpaired) electrons. The highest BCUT2D eigenvalue weighted by molar-refractivity contribution is 5.90. The van der Waals surface area contributed by atoms with Crippen LogP contribution in [0.5, 0.6) is 0 Å². The van der Waals surface area contributed by atoms with Gasteiger partial charge in [0.05, 0.1) is 13.2 Å². The highest BCUT2D eigenvalue weighted by Crippen LogP contribution is 2.19. The van der Waals surface area contributed by atoms with Crippen molar-refractivity contribution < 1.29 is 9.53 Å². The Kier molecular flexibility index (Phi) is 7.17. The first-order valence-electron chi connectivity index (χ1n) is 10.7. The Labute approximate surface area is 181 Å². The topological polar surface area (TPSA) is 112 Å². The summed E-state index contributed by atoms with van der Waals surface area (Å²) in [5.41, 5.74) is 8.20. The SMILES string of the molecule is CCCCn1c(N)c(N2CCOCC2)c(=O)n(CC(=O)Nc2ccc(C)c(C)c2)c1=O. The number of aryl methyl sites for hydroxylation is 2. The van der Waals surface area contributed by atoms with Crippen LogP contribution in [0.4, 0.5) is 17.2 Å². The molecule has 0 atom stereocenters. The third kappa shape index (κ3) is 4.99. The number of hydrogen-bond donors (Lipinski definition) is 2. The molecule has 1 aliphatic rings. The first-order valence-corrected chi connectivity index (χ1v) is 10.7. The standard InChI is InChI=1S/C22H31N5O4/c1-4-5-8-26-20(23)19(25-9-11-31-12-10-25)21(29)27(22(26)30)14-18(28)24-17-7-6-15(2)16(3)13-17/h6-7,13H,4-5,8-12,14,23H2,1-3H3,(H,24,28). The van der Waals surface area contributed by atoms with Crippen LogP contribution in [0, 0.1) is 13.8 Å². The van der Waals surface area contributed by atoms with Gasteiger partial charge in [-0.3, -0.25) is 14.2 Å². The summed E-state index contributed by atoms with van der Waals surface area (Å²) < 4.78 is 7.76. The van der Waals surface area contributed by atoms with E-state index in [1.807, 2.05) is 37.8 Å². The van der Waals surface area contributed by atoms with Crippen molar-refractivity contribution in [1.82, 2.24) is 9.13 Å². The number of aromatic nitrogens is 2. The van der Waals surface area contributed by atoms with E-state index in [0.29, 0.717) is 38.5 Å². The number of nitrogens with one attached hydrogen (secondary N) is 1. The maximum atomic E-state index is 13.2. The van der Waals surface area contributed by atoms with Crippen molar-refractivity contribution in [3.8, 4) is 0 Å². The first kappa shape index (κ1) is 22.6. The number of rotatable bonds is 7. The van der Waals surface area contributed by atoms with Crippen molar-refractivity contribution in [3.05, 3.63) is 50.2 Å². The molecule has 0 unspecified atom stereocenters. The van der Waals surface area contributed by atoms with Gasteiger partial charge in [-0.1, -0.05) is 19.4 Å². The second kappa shape index (κ2) is 9.82. The van der Waals surface area contributed by atoms with Gasteiger partial charge in [-0.2, -0.15) is 0 Å². The van der Waals surface area contributed by atoms with Crippen molar-refractivity contribution in [2.45, 2.75) is 46.7 Å². The van der Waals surface area contributed by atoms with Crippen molar-refractivity contribution in [1.29, 1.82) is 0 Å². The van der Waals surface area contributed by atoms with Gasteiger partial charge in [0.25, 0.3) is 5.56 Å². The summed E-state index contributed by atoms with van der Waals surface area (Å²) in [6.45, 7) is 7.90. The lowest BCUT2D eigenvalue weighted by atomic mass is 10.1. The molecule has 1 aromatic carbocycles.